The molecule has 1 amide bonds. The van der Waals surface area contributed by atoms with Crippen molar-refractivity contribution in [2.45, 2.75) is 0 Å². The Morgan fingerprint density at radius 2 is 2.50 bits per heavy atom. The van der Waals surface area contributed by atoms with Crippen molar-refractivity contribution in [3.05, 3.63) is 0 Å². The lowest BCUT2D eigenvalue weighted by atomic mass is 10.4. The summed E-state index contributed by atoms with van der Waals surface area (Å²) in [7, 11) is 1.44. The van der Waals surface area contributed by atoms with Crippen molar-refractivity contribution in [2.75, 3.05) is 33.4 Å². The second kappa shape index (κ2) is 4.06. The fourth-order valence-corrected chi connectivity index (χ4v) is 0.989. The quantitative estimate of drug-likeness (QED) is 0.583. The summed E-state index contributed by atoms with van der Waals surface area (Å²) in [5.41, 5.74) is 0. The third-order valence-electron chi connectivity index (χ3n) is 1.52. The summed E-state index contributed by atoms with van der Waals surface area (Å²) >= 11 is 0. The lowest BCUT2D eigenvalue weighted by Crippen LogP contribution is -2.32. The molecule has 0 unspecified atom stereocenters. The molecule has 0 aromatic heterocycles. The molecule has 12 heavy (non-hydrogen) atoms. The van der Waals surface area contributed by atoms with Gasteiger partial charge in [-0.1, -0.05) is 0 Å². The van der Waals surface area contributed by atoms with Crippen molar-refractivity contribution < 1.29 is 19.1 Å². The Morgan fingerprint density at radius 3 is 3.00 bits per heavy atom. The highest BCUT2D eigenvalue weighted by Crippen LogP contribution is 2.01. The molecule has 0 radical (unpaired) electrons. The monoisotopic (exact) mass is 173 g/mol. The largest absolute Gasteiger partial charge is 0.448 e. The van der Waals surface area contributed by atoms with Gasteiger partial charge in [0.25, 0.3) is 0 Å². The van der Waals surface area contributed by atoms with E-state index in [1.165, 1.54) is 12.0 Å². The second-order valence-corrected chi connectivity index (χ2v) is 2.51. The summed E-state index contributed by atoms with van der Waals surface area (Å²) in [6.07, 6.45) is -0.417. The van der Waals surface area contributed by atoms with E-state index in [-0.39, 0.29) is 18.9 Å². The predicted octanol–water partition coefficient (Wildman–Crippen LogP) is -0.346. The molecule has 1 fully saturated rings. The van der Waals surface area contributed by atoms with Gasteiger partial charge in [0.05, 0.1) is 13.1 Å². The van der Waals surface area contributed by atoms with Crippen LogP contribution in [-0.4, -0.2) is 50.2 Å². The molecule has 1 heterocycles. The number of nitrogens with zero attached hydrogens (tertiary/aromatic N) is 1. The molecular formula is C7H11NO4. The Morgan fingerprint density at radius 1 is 1.75 bits per heavy atom. The Labute approximate surface area is 70.2 Å². The number of carbonyl (C=O) groups is 2. The van der Waals surface area contributed by atoms with Crippen molar-refractivity contribution in [2.24, 2.45) is 0 Å². The van der Waals surface area contributed by atoms with Gasteiger partial charge in [0, 0.05) is 7.11 Å². The number of rotatable bonds is 4. The highest BCUT2D eigenvalue weighted by molar-refractivity contribution is 5.85. The summed E-state index contributed by atoms with van der Waals surface area (Å²) < 4.78 is 9.26. The molecule has 5 heteroatoms. The molecule has 68 valence electrons. The van der Waals surface area contributed by atoms with Crippen molar-refractivity contribution in [1.29, 1.82) is 0 Å². The molecule has 0 atom stereocenters. The van der Waals surface area contributed by atoms with Gasteiger partial charge in [-0.05, 0) is 0 Å². The highest BCUT2D eigenvalue weighted by Gasteiger charge is 2.23. The van der Waals surface area contributed by atoms with Gasteiger partial charge in [0.2, 0.25) is 0 Å². The van der Waals surface area contributed by atoms with Crippen LogP contribution in [0.25, 0.3) is 0 Å². The maximum atomic E-state index is 11.0. The molecule has 0 bridgehead atoms. The molecule has 5 nitrogen and oxygen atoms in total. The van der Waals surface area contributed by atoms with E-state index in [0.717, 1.165) is 0 Å². The van der Waals surface area contributed by atoms with Gasteiger partial charge in [-0.3, -0.25) is 9.69 Å². The SMILES string of the molecule is COCC(=O)CN1CCOC1=O. The van der Waals surface area contributed by atoms with E-state index in [0.29, 0.717) is 13.2 Å². The number of ether oxygens (including phenoxy) is 2. The van der Waals surface area contributed by atoms with Crippen LogP contribution in [0.5, 0.6) is 0 Å². The number of ketones is 1. The van der Waals surface area contributed by atoms with Gasteiger partial charge >= 0.3 is 6.09 Å². The minimum absolute atomic E-state index is 0.0454. The first-order valence-corrected chi connectivity index (χ1v) is 3.66. The summed E-state index contributed by atoms with van der Waals surface area (Å²) in [4.78, 5) is 23.2. The summed E-state index contributed by atoms with van der Waals surface area (Å²) in [5, 5.41) is 0. The zero-order valence-electron chi connectivity index (χ0n) is 6.91. The van der Waals surface area contributed by atoms with Crippen LogP contribution < -0.4 is 0 Å². The van der Waals surface area contributed by atoms with Gasteiger partial charge < -0.3 is 9.47 Å². The number of carbonyl (C=O) groups excluding carboxylic acids is 2. The van der Waals surface area contributed by atoms with Crippen LogP contribution in [0, 0.1) is 0 Å². The topological polar surface area (TPSA) is 55.8 Å². The van der Waals surface area contributed by atoms with Gasteiger partial charge in [-0.15, -0.1) is 0 Å². The summed E-state index contributed by atoms with van der Waals surface area (Å²) in [6, 6.07) is 0. The van der Waals surface area contributed by atoms with Crippen molar-refractivity contribution >= 4 is 11.9 Å². The Balaban J connectivity index is 2.30. The van der Waals surface area contributed by atoms with Gasteiger partial charge in [-0.25, -0.2) is 4.79 Å². The van der Waals surface area contributed by atoms with Crippen LogP contribution >= 0.6 is 0 Å². The molecule has 1 aliphatic heterocycles. The first-order chi connectivity index (χ1) is 5.74. The van der Waals surface area contributed by atoms with Crippen LogP contribution in [-0.2, 0) is 14.3 Å². The lowest BCUT2D eigenvalue weighted by Gasteiger charge is -2.10. The molecule has 0 saturated carbocycles. The Kier molecular flexibility index (Phi) is 3.04. The number of hydrogen-bond acceptors (Lipinski definition) is 4. The number of methoxy groups -OCH3 is 1. The highest BCUT2D eigenvalue weighted by atomic mass is 16.6. The average Bonchev–Trinajstić information content (AvgIpc) is 2.37. The van der Waals surface area contributed by atoms with E-state index < -0.39 is 6.09 Å². The van der Waals surface area contributed by atoms with Crippen molar-refractivity contribution in [3.63, 3.8) is 0 Å². The van der Waals surface area contributed by atoms with Gasteiger partial charge in [0.15, 0.2) is 5.78 Å². The normalized spacial score (nSPS) is 16.4. The molecule has 0 spiro atoms. The van der Waals surface area contributed by atoms with E-state index in [4.69, 9.17) is 0 Å². The molecule has 1 rings (SSSR count). The third-order valence-corrected chi connectivity index (χ3v) is 1.52. The fourth-order valence-electron chi connectivity index (χ4n) is 0.989. The molecule has 0 aromatic carbocycles. The Hall–Kier alpha value is -1.10. The van der Waals surface area contributed by atoms with Gasteiger partial charge in [0.1, 0.15) is 13.2 Å². The van der Waals surface area contributed by atoms with Gasteiger partial charge in [-0.2, -0.15) is 0 Å². The first-order valence-electron chi connectivity index (χ1n) is 3.66. The standard InChI is InChI=1S/C7H11NO4/c1-11-5-6(9)4-8-2-3-12-7(8)10/h2-5H2,1H3. The minimum Gasteiger partial charge on any atom is -0.448 e. The fraction of sp³-hybridized carbons (Fsp3) is 0.714. The molecule has 0 aliphatic carbocycles. The maximum absolute atomic E-state index is 11.0. The molecular weight excluding hydrogens is 162 g/mol. The molecule has 1 aliphatic rings. The smallest absolute Gasteiger partial charge is 0.410 e. The van der Waals surface area contributed by atoms with E-state index in [1.54, 1.807) is 0 Å². The summed E-state index contributed by atoms with van der Waals surface area (Å²) in [6.45, 7) is 1.00. The second-order valence-electron chi connectivity index (χ2n) is 2.51. The first kappa shape index (κ1) is 8.99. The third kappa shape index (κ3) is 2.20. The van der Waals surface area contributed by atoms with Crippen LogP contribution in [0.4, 0.5) is 4.79 Å². The van der Waals surface area contributed by atoms with Crippen molar-refractivity contribution in [1.82, 2.24) is 4.90 Å². The minimum atomic E-state index is -0.417. The number of Topliss-reactive ketones (excluding diaryl/α,β-unsaturated/α-hetero) is 1. The maximum Gasteiger partial charge on any atom is 0.410 e. The van der Waals surface area contributed by atoms with E-state index >= 15 is 0 Å². The zero-order chi connectivity index (χ0) is 8.97. The number of cyclic esters (lactones) is 1. The van der Waals surface area contributed by atoms with Crippen LogP contribution in [0.2, 0.25) is 0 Å². The molecule has 0 aromatic rings. The molecule has 0 N–H and O–H groups in total. The van der Waals surface area contributed by atoms with E-state index in [1.807, 2.05) is 0 Å². The van der Waals surface area contributed by atoms with Crippen LogP contribution in [0.15, 0.2) is 0 Å². The van der Waals surface area contributed by atoms with Crippen LogP contribution in [0.1, 0.15) is 0 Å². The number of amides is 1. The van der Waals surface area contributed by atoms with E-state index in [9.17, 15) is 9.59 Å². The number of hydrogen-bond donors (Lipinski definition) is 0. The molecule has 1 saturated heterocycles. The average molecular weight is 173 g/mol. The summed E-state index contributed by atoms with van der Waals surface area (Å²) in [5.74, 6) is -0.114. The van der Waals surface area contributed by atoms with E-state index in [2.05, 4.69) is 9.47 Å². The lowest BCUT2D eigenvalue weighted by molar-refractivity contribution is -0.123. The Bertz CT molecular complexity index is 192. The zero-order valence-corrected chi connectivity index (χ0v) is 6.91. The van der Waals surface area contributed by atoms with Crippen LogP contribution in [0.3, 0.4) is 0 Å². The predicted molar refractivity (Wildman–Crippen MR) is 39.8 cm³/mol. The van der Waals surface area contributed by atoms with Crippen molar-refractivity contribution in [3.8, 4) is 0 Å².